The highest BCUT2D eigenvalue weighted by molar-refractivity contribution is 9.25. The molecule has 70 valence electrons. The summed E-state index contributed by atoms with van der Waals surface area (Å²) in [6.07, 6.45) is 2.51. The maximum atomic E-state index is 10.6. The highest BCUT2D eigenvalue weighted by Gasteiger charge is 2.20. The molecule has 0 saturated heterocycles. The van der Waals surface area contributed by atoms with Crippen molar-refractivity contribution in [3.8, 4) is 0 Å². The van der Waals surface area contributed by atoms with Gasteiger partial charge in [-0.15, -0.1) is 0 Å². The van der Waals surface area contributed by atoms with Crippen molar-refractivity contribution in [1.82, 2.24) is 0 Å². The van der Waals surface area contributed by atoms with E-state index < -0.39 is 3.23 Å². The second kappa shape index (κ2) is 4.91. The number of hydrogen-bond acceptors (Lipinski definition) is 1. The minimum Gasteiger partial charge on any atom is -0.301 e. The molecule has 0 bridgehead atoms. The fourth-order valence-corrected chi connectivity index (χ4v) is 1.41. The van der Waals surface area contributed by atoms with E-state index in [-0.39, 0.29) is 0 Å². The average molecular weight is 306 g/mol. The Kier molecular flexibility index (Phi) is 4.13. The van der Waals surface area contributed by atoms with E-state index in [0.717, 1.165) is 19.1 Å². The van der Waals surface area contributed by atoms with Crippen molar-refractivity contribution >= 4 is 38.1 Å². The largest absolute Gasteiger partial charge is 0.301 e. The van der Waals surface area contributed by atoms with Gasteiger partial charge in [0.15, 0.2) is 0 Å². The van der Waals surface area contributed by atoms with E-state index in [1.165, 1.54) is 5.56 Å². The molecule has 0 radical (unpaired) electrons. The molecule has 13 heavy (non-hydrogen) atoms. The standard InChI is InChI=1S/C10H10Br2O/c11-10(12,8-13)7-6-9-4-2-1-3-5-9/h1-5,8H,6-7H2. The molecule has 0 amide bonds. The lowest BCUT2D eigenvalue weighted by molar-refractivity contribution is -0.107. The molecule has 0 aliphatic heterocycles. The lowest BCUT2D eigenvalue weighted by atomic mass is 10.1. The second-order valence-electron chi connectivity index (χ2n) is 2.86. The van der Waals surface area contributed by atoms with Crippen LogP contribution in [0.15, 0.2) is 30.3 Å². The topological polar surface area (TPSA) is 17.1 Å². The van der Waals surface area contributed by atoms with Crippen molar-refractivity contribution < 1.29 is 4.79 Å². The Labute approximate surface area is 94.8 Å². The Bertz CT molecular complexity index is 270. The summed E-state index contributed by atoms with van der Waals surface area (Å²) in [7, 11) is 0. The molecule has 0 saturated carbocycles. The highest BCUT2D eigenvalue weighted by atomic mass is 79.9. The Morgan fingerprint density at radius 3 is 2.38 bits per heavy atom. The van der Waals surface area contributed by atoms with Gasteiger partial charge in [0.1, 0.15) is 9.52 Å². The lowest BCUT2D eigenvalue weighted by Crippen LogP contribution is -2.13. The minimum absolute atomic E-state index is 0.560. The van der Waals surface area contributed by atoms with E-state index >= 15 is 0 Å². The first-order valence-corrected chi connectivity index (χ1v) is 5.61. The summed E-state index contributed by atoms with van der Waals surface area (Å²) in [6.45, 7) is 0. The third kappa shape index (κ3) is 4.05. The quantitative estimate of drug-likeness (QED) is 0.616. The zero-order valence-corrected chi connectivity index (χ0v) is 10.2. The van der Waals surface area contributed by atoms with Crippen LogP contribution in [0.5, 0.6) is 0 Å². The molecule has 0 aromatic heterocycles. The maximum Gasteiger partial charge on any atom is 0.147 e. The minimum atomic E-state index is -0.560. The van der Waals surface area contributed by atoms with Crippen molar-refractivity contribution in [2.24, 2.45) is 0 Å². The number of aryl methyl sites for hydroxylation is 1. The summed E-state index contributed by atoms with van der Waals surface area (Å²) in [5, 5.41) is 0. The predicted octanol–water partition coefficient (Wildman–Crippen LogP) is 3.30. The van der Waals surface area contributed by atoms with E-state index in [9.17, 15) is 4.79 Å². The number of hydrogen-bond donors (Lipinski definition) is 0. The van der Waals surface area contributed by atoms with Gasteiger partial charge in [-0.3, -0.25) is 0 Å². The molecule has 0 aliphatic rings. The fraction of sp³-hybridized carbons (Fsp3) is 0.300. The number of aldehydes is 1. The van der Waals surface area contributed by atoms with Crippen LogP contribution in [0.2, 0.25) is 0 Å². The van der Waals surface area contributed by atoms with Crippen molar-refractivity contribution in [2.45, 2.75) is 16.1 Å². The first-order chi connectivity index (χ1) is 6.14. The lowest BCUT2D eigenvalue weighted by Gasteiger charge is -2.11. The third-order valence-corrected chi connectivity index (χ3v) is 2.93. The zero-order chi connectivity index (χ0) is 9.73. The summed E-state index contributed by atoms with van der Waals surface area (Å²) in [6, 6.07) is 10.1. The van der Waals surface area contributed by atoms with Crippen LogP contribution in [0.4, 0.5) is 0 Å². The summed E-state index contributed by atoms with van der Waals surface area (Å²) in [5.41, 5.74) is 1.24. The number of carbonyl (C=O) groups excluding carboxylic acids is 1. The molecular weight excluding hydrogens is 296 g/mol. The molecule has 0 N–H and O–H groups in total. The SMILES string of the molecule is O=CC(Br)(Br)CCc1ccccc1. The van der Waals surface area contributed by atoms with Crippen LogP contribution in [-0.4, -0.2) is 9.52 Å². The average Bonchev–Trinajstić information content (AvgIpc) is 2.17. The van der Waals surface area contributed by atoms with Crippen LogP contribution < -0.4 is 0 Å². The maximum absolute atomic E-state index is 10.6. The molecule has 0 spiro atoms. The molecule has 0 fully saturated rings. The first-order valence-electron chi connectivity index (χ1n) is 4.02. The van der Waals surface area contributed by atoms with Crippen molar-refractivity contribution in [3.63, 3.8) is 0 Å². The number of alkyl halides is 2. The van der Waals surface area contributed by atoms with E-state index in [2.05, 4.69) is 44.0 Å². The molecule has 1 aromatic carbocycles. The summed E-state index contributed by atoms with van der Waals surface area (Å²) >= 11 is 6.57. The monoisotopic (exact) mass is 304 g/mol. The van der Waals surface area contributed by atoms with E-state index in [0.29, 0.717) is 0 Å². The van der Waals surface area contributed by atoms with Crippen molar-refractivity contribution in [3.05, 3.63) is 35.9 Å². The van der Waals surface area contributed by atoms with Gasteiger partial charge in [0.25, 0.3) is 0 Å². The summed E-state index contributed by atoms with van der Waals surface area (Å²) in [4.78, 5) is 10.6. The van der Waals surface area contributed by atoms with E-state index in [4.69, 9.17) is 0 Å². The highest BCUT2D eigenvalue weighted by Crippen LogP contribution is 2.28. The normalized spacial score (nSPS) is 11.2. The van der Waals surface area contributed by atoms with Gasteiger partial charge in [-0.25, -0.2) is 0 Å². The zero-order valence-electron chi connectivity index (χ0n) is 7.04. The van der Waals surface area contributed by atoms with Gasteiger partial charge in [-0.1, -0.05) is 62.2 Å². The molecule has 0 atom stereocenters. The molecule has 3 heteroatoms. The van der Waals surface area contributed by atoms with Crippen molar-refractivity contribution in [1.29, 1.82) is 0 Å². The smallest absolute Gasteiger partial charge is 0.147 e. The van der Waals surface area contributed by atoms with Gasteiger partial charge in [0.2, 0.25) is 0 Å². The Balaban J connectivity index is 2.48. The van der Waals surface area contributed by atoms with Gasteiger partial charge in [-0.2, -0.15) is 0 Å². The first kappa shape index (κ1) is 10.9. The number of carbonyl (C=O) groups is 1. The summed E-state index contributed by atoms with van der Waals surface area (Å²) < 4.78 is -0.560. The Morgan fingerprint density at radius 2 is 1.85 bits per heavy atom. The second-order valence-corrected chi connectivity index (χ2v) is 6.76. The van der Waals surface area contributed by atoms with Gasteiger partial charge in [0.05, 0.1) is 0 Å². The fourth-order valence-electron chi connectivity index (χ4n) is 1.01. The number of rotatable bonds is 4. The van der Waals surface area contributed by atoms with Crippen molar-refractivity contribution in [2.75, 3.05) is 0 Å². The van der Waals surface area contributed by atoms with Gasteiger partial charge >= 0.3 is 0 Å². The van der Waals surface area contributed by atoms with E-state index in [1.807, 2.05) is 18.2 Å². The van der Waals surface area contributed by atoms with Crippen LogP contribution >= 0.6 is 31.9 Å². The molecular formula is C10H10Br2O. The number of benzene rings is 1. The van der Waals surface area contributed by atoms with Crippen LogP contribution in [0, 0.1) is 0 Å². The van der Waals surface area contributed by atoms with Gasteiger partial charge in [0, 0.05) is 0 Å². The summed E-state index contributed by atoms with van der Waals surface area (Å²) in [5.74, 6) is 0. The third-order valence-electron chi connectivity index (χ3n) is 1.76. The number of halogens is 2. The van der Waals surface area contributed by atoms with Gasteiger partial charge in [-0.05, 0) is 18.4 Å². The molecule has 0 aliphatic carbocycles. The Morgan fingerprint density at radius 1 is 1.23 bits per heavy atom. The molecule has 1 aromatic rings. The molecule has 1 nitrogen and oxygen atoms in total. The van der Waals surface area contributed by atoms with E-state index in [1.54, 1.807) is 0 Å². The van der Waals surface area contributed by atoms with Crippen LogP contribution in [-0.2, 0) is 11.2 Å². The van der Waals surface area contributed by atoms with Crippen LogP contribution in [0.25, 0.3) is 0 Å². The predicted molar refractivity (Wildman–Crippen MR) is 61.4 cm³/mol. The van der Waals surface area contributed by atoms with Crippen LogP contribution in [0.1, 0.15) is 12.0 Å². The molecule has 0 heterocycles. The Hall–Kier alpha value is -0.150. The van der Waals surface area contributed by atoms with Crippen LogP contribution in [0.3, 0.4) is 0 Å². The molecule has 0 unspecified atom stereocenters. The van der Waals surface area contributed by atoms with Gasteiger partial charge < -0.3 is 4.79 Å². The molecule has 1 rings (SSSR count).